The Morgan fingerprint density at radius 1 is 0.687 bits per heavy atom. The van der Waals surface area contributed by atoms with Gasteiger partial charge in [-0.3, -0.25) is 48.1 Å². The van der Waals surface area contributed by atoms with Crippen molar-refractivity contribution in [3.8, 4) is 0 Å². The summed E-state index contributed by atoms with van der Waals surface area (Å²) >= 11 is 0. The Hall–Kier alpha value is -7.70. The first-order chi connectivity index (χ1) is 46.6. The van der Waals surface area contributed by atoms with Crippen LogP contribution in [0.15, 0.2) is 30.3 Å². The third-order valence-electron chi connectivity index (χ3n) is 17.1. The number of ether oxygens (including phenoxy) is 4. The number of nitrogens with zero attached hydrogens (tertiary/aromatic N) is 3. The highest BCUT2D eigenvalue weighted by Gasteiger charge is 2.44. The van der Waals surface area contributed by atoms with E-state index in [1.54, 1.807) is 54.1 Å². The van der Waals surface area contributed by atoms with E-state index in [4.69, 9.17) is 29.8 Å². The quantitative estimate of drug-likeness (QED) is 0.0218. The molecule has 0 radical (unpaired) electrons. The second kappa shape index (κ2) is 44.4. The summed E-state index contributed by atoms with van der Waals surface area (Å²) in [5.74, 6) is -9.64. The van der Waals surface area contributed by atoms with Crippen LogP contribution in [0.2, 0.25) is 0 Å². The van der Waals surface area contributed by atoms with Gasteiger partial charge < -0.3 is 108 Å². The van der Waals surface area contributed by atoms with Gasteiger partial charge in [-0.25, -0.2) is 14.4 Å². The number of amides is 10. The van der Waals surface area contributed by atoms with E-state index in [9.17, 15) is 83.1 Å². The number of likely N-dealkylation sites (tertiary alicyclic amines) is 1. The standard InChI is InChI=1S/C65H110N12O22/c1-14-37(6)54(76(11)62(91)52(35(2)3)74-61(90)53(36(4)5)75(9)10)47(96-12)30-51(84)77-26-18-22-44(77)57(97-13)38(7)58(87)73-41(28-40-20-16-15-17-21-40)59(88)67-24-19-27-98-64(94)39(8)70-49(82)29-42(63(92)93)71-48(81)23-25-68-65(95)99-34-43(72-50(83)31-66)60(89)69-32-45(79)55(85)56(86)46(80)33-78/h15-17,20-21,35-39,41-47,52-57,78-80,85-86H,14,18-19,22-34,66H2,1-13H3,(H,67,88)(H,68,95)(H,69,89)(H,70,82)(H,71,81)(H,72,83)(H,73,87)(H,74,90)(H,92,93)/t37-,38+,39?,41-,42?,43?,44-,45-,46+,47+,52-,53-,54-,55+,56+,57+/m0/s1. The van der Waals surface area contributed by atoms with Crippen molar-refractivity contribution in [3.05, 3.63) is 35.9 Å². The second-order valence-corrected chi connectivity index (χ2v) is 25.6. The highest BCUT2D eigenvalue weighted by Crippen LogP contribution is 2.30. The summed E-state index contributed by atoms with van der Waals surface area (Å²) in [7, 11) is 8.25. The Labute approximate surface area is 578 Å². The number of alkyl carbamates (subject to hydrolysis) is 1. The molecule has 0 spiro atoms. The van der Waals surface area contributed by atoms with Gasteiger partial charge in [0, 0.05) is 60.3 Å². The van der Waals surface area contributed by atoms with E-state index in [2.05, 4.69) is 42.5 Å². The number of nitrogens with one attached hydrogen (secondary N) is 8. The van der Waals surface area contributed by atoms with Gasteiger partial charge in [-0.2, -0.15) is 0 Å². The fraction of sp³-hybridized carbons (Fsp3) is 0.723. The number of likely N-dealkylation sites (N-methyl/N-ethyl adjacent to an activating group) is 2. The molecule has 16 atom stereocenters. The number of carboxylic acids is 1. The lowest BCUT2D eigenvalue weighted by Gasteiger charge is -2.41. The number of benzene rings is 1. The van der Waals surface area contributed by atoms with E-state index in [-0.39, 0.29) is 67.9 Å². The minimum Gasteiger partial charge on any atom is -0.480 e. The number of aliphatic carboxylic acids is 1. The number of nitrogens with two attached hydrogens (primary N) is 1. The SMILES string of the molecule is CC[C@H](C)[C@@H]([C@@H](CC(=O)N1CCC[C@H]1[C@H](OC)[C@@H](C)C(=O)N[C@@H](Cc1ccccc1)C(=O)NCCCOC(=O)C(C)NC(=O)CC(NC(=O)CCNC(=O)OCC(NC(=O)CN)C(=O)NC[C@H](O)[C@@H](O)[C@H](O)[C@H](O)CO)C(=O)O)OC)N(C)C(=O)[C@@H](NC(=O)[C@H](C(C)C)N(C)C)C(C)C. The monoisotopic (exact) mass is 1410 g/mol. The highest BCUT2D eigenvalue weighted by atomic mass is 16.6. The van der Waals surface area contributed by atoms with Crippen molar-refractivity contribution in [2.75, 3.05) is 87.9 Å². The molecule has 10 amide bonds. The van der Waals surface area contributed by atoms with Gasteiger partial charge >= 0.3 is 18.0 Å². The lowest BCUT2D eigenvalue weighted by Crippen LogP contribution is -2.59. The fourth-order valence-corrected chi connectivity index (χ4v) is 11.4. The summed E-state index contributed by atoms with van der Waals surface area (Å²) in [5.41, 5.74) is 6.02. The van der Waals surface area contributed by atoms with Gasteiger partial charge in [-0.15, -0.1) is 0 Å². The van der Waals surface area contributed by atoms with Crippen LogP contribution in [-0.4, -0.2) is 289 Å². The molecule has 34 heteroatoms. The normalized spacial score (nSPS) is 17.6. The third-order valence-corrected chi connectivity index (χ3v) is 17.1. The van der Waals surface area contributed by atoms with Gasteiger partial charge in [0.1, 0.15) is 55.1 Å². The summed E-state index contributed by atoms with van der Waals surface area (Å²) in [6.45, 7) is 11.0. The molecular weight excluding hydrogens is 1300 g/mol. The van der Waals surface area contributed by atoms with Crippen LogP contribution < -0.4 is 48.3 Å². The number of aliphatic hydroxyl groups is 5. The number of aliphatic hydroxyl groups excluding tert-OH is 5. The predicted molar refractivity (Wildman–Crippen MR) is 357 cm³/mol. The largest absolute Gasteiger partial charge is 0.480 e. The first-order valence-electron chi connectivity index (χ1n) is 33.3. The van der Waals surface area contributed by atoms with Gasteiger partial charge in [0.2, 0.25) is 53.2 Å². The molecular formula is C65H110N12O22. The van der Waals surface area contributed by atoms with Gasteiger partial charge in [0.25, 0.3) is 0 Å². The van der Waals surface area contributed by atoms with Crippen LogP contribution in [0.5, 0.6) is 0 Å². The van der Waals surface area contributed by atoms with E-state index in [1.165, 1.54) is 21.1 Å². The number of esters is 1. The topological polar surface area (TPSA) is 495 Å². The van der Waals surface area contributed by atoms with Crippen LogP contribution in [-0.2, 0) is 78.1 Å². The Balaban J connectivity index is 2.02. The first kappa shape index (κ1) is 87.4. The zero-order chi connectivity index (χ0) is 75.0. The van der Waals surface area contributed by atoms with Crippen LogP contribution >= 0.6 is 0 Å². The molecule has 2 rings (SSSR count). The molecule has 1 aliphatic heterocycles. The van der Waals surface area contributed by atoms with Crippen molar-refractivity contribution in [2.45, 2.75) is 192 Å². The van der Waals surface area contributed by atoms with E-state index in [1.807, 2.05) is 60.5 Å². The summed E-state index contributed by atoms with van der Waals surface area (Å²) < 4.78 is 22.3. The van der Waals surface area contributed by atoms with Crippen molar-refractivity contribution in [1.82, 2.24) is 57.2 Å². The van der Waals surface area contributed by atoms with Crippen LogP contribution in [0, 0.1) is 23.7 Å². The maximum absolute atomic E-state index is 14.5. The number of hydrogen-bond donors (Lipinski definition) is 15. The molecule has 3 unspecified atom stereocenters. The Bertz CT molecular complexity index is 2760. The molecule has 99 heavy (non-hydrogen) atoms. The van der Waals surface area contributed by atoms with Crippen LogP contribution in [0.1, 0.15) is 106 Å². The maximum Gasteiger partial charge on any atom is 0.407 e. The maximum atomic E-state index is 14.5. The molecule has 34 nitrogen and oxygen atoms in total. The molecule has 16 N–H and O–H groups in total. The summed E-state index contributed by atoms with van der Waals surface area (Å²) in [5, 5.41) is 77.6. The predicted octanol–water partition coefficient (Wildman–Crippen LogP) is -4.01. The van der Waals surface area contributed by atoms with E-state index in [0.29, 0.717) is 25.8 Å². The number of carbonyl (C=O) groups excluding carboxylic acids is 11. The molecule has 0 aliphatic carbocycles. The van der Waals surface area contributed by atoms with Crippen molar-refractivity contribution in [2.24, 2.45) is 29.4 Å². The van der Waals surface area contributed by atoms with E-state index in [0.717, 1.165) is 5.56 Å². The van der Waals surface area contributed by atoms with E-state index >= 15 is 0 Å². The number of carbonyl (C=O) groups is 12. The lowest BCUT2D eigenvalue weighted by atomic mass is 9.89. The van der Waals surface area contributed by atoms with Crippen LogP contribution in [0.3, 0.4) is 0 Å². The Morgan fingerprint density at radius 3 is 1.88 bits per heavy atom. The molecule has 1 aromatic carbocycles. The fourth-order valence-electron chi connectivity index (χ4n) is 11.4. The molecule has 562 valence electrons. The average molecular weight is 1410 g/mol. The minimum atomic E-state index is -2.03. The molecule has 0 aromatic heterocycles. The first-order valence-corrected chi connectivity index (χ1v) is 33.3. The van der Waals surface area contributed by atoms with Gasteiger partial charge in [-0.1, -0.05) is 85.2 Å². The zero-order valence-electron chi connectivity index (χ0n) is 59.2. The number of carboxylic acid groups (broad SMARTS) is 1. The Kier molecular flexibility index (Phi) is 39.2. The molecule has 1 fully saturated rings. The average Bonchev–Trinajstić information content (AvgIpc) is 0.964. The van der Waals surface area contributed by atoms with Gasteiger partial charge in [-0.05, 0) is 63.6 Å². The Morgan fingerprint density at radius 2 is 1.31 bits per heavy atom. The summed E-state index contributed by atoms with van der Waals surface area (Å²) in [6, 6.07) is 0.674. The van der Waals surface area contributed by atoms with Crippen molar-refractivity contribution >= 4 is 71.2 Å². The number of rotatable bonds is 45. The minimum absolute atomic E-state index is 0.0252. The number of methoxy groups -OCH3 is 2. The van der Waals surface area contributed by atoms with Gasteiger partial charge in [0.05, 0.1) is 75.0 Å². The van der Waals surface area contributed by atoms with Crippen molar-refractivity contribution < 1.29 is 107 Å². The summed E-state index contributed by atoms with van der Waals surface area (Å²) in [6.07, 6.45) is -10.1. The van der Waals surface area contributed by atoms with Crippen LogP contribution in [0.4, 0.5) is 4.79 Å². The molecule has 1 saturated heterocycles. The van der Waals surface area contributed by atoms with Crippen molar-refractivity contribution in [1.29, 1.82) is 0 Å². The highest BCUT2D eigenvalue weighted by molar-refractivity contribution is 5.92. The lowest BCUT2D eigenvalue weighted by molar-refractivity contribution is -0.148. The second-order valence-electron chi connectivity index (χ2n) is 25.6. The molecule has 0 saturated carbocycles. The summed E-state index contributed by atoms with van der Waals surface area (Å²) in [4.78, 5) is 163. The van der Waals surface area contributed by atoms with Crippen molar-refractivity contribution in [3.63, 3.8) is 0 Å². The van der Waals surface area contributed by atoms with Crippen LogP contribution in [0.25, 0.3) is 0 Å². The number of hydrogen-bond acceptors (Lipinski definition) is 23. The van der Waals surface area contributed by atoms with Gasteiger partial charge in [0.15, 0.2) is 0 Å². The zero-order valence-corrected chi connectivity index (χ0v) is 59.2. The molecule has 1 heterocycles. The molecule has 1 aliphatic rings. The molecule has 1 aromatic rings. The van der Waals surface area contributed by atoms with E-state index < -0.39 is 190 Å². The smallest absolute Gasteiger partial charge is 0.407 e. The third kappa shape index (κ3) is 28.8. The molecule has 0 bridgehead atoms.